The van der Waals surface area contributed by atoms with E-state index in [1.54, 1.807) is 6.07 Å². The summed E-state index contributed by atoms with van der Waals surface area (Å²) in [6.45, 7) is 8.32. The van der Waals surface area contributed by atoms with Crippen LogP contribution in [0.2, 0.25) is 0 Å². The molecule has 3 aromatic rings. The maximum atomic E-state index is 12.7. The predicted octanol–water partition coefficient (Wildman–Crippen LogP) is 6.06. The maximum Gasteiger partial charge on any atom is 0.255 e. The van der Waals surface area contributed by atoms with Crippen LogP contribution < -0.4 is 10.1 Å². The van der Waals surface area contributed by atoms with E-state index in [1.165, 1.54) is 11.6 Å². The molecule has 1 aliphatic rings. The number of fused-ring (bicyclic) bond motifs is 3. The van der Waals surface area contributed by atoms with Gasteiger partial charge in [-0.3, -0.25) is 4.79 Å². The Morgan fingerprint density at radius 3 is 2.45 bits per heavy atom. The molecule has 1 amide bonds. The Labute approximate surface area is 171 Å². The minimum absolute atomic E-state index is 0.0368. The number of benzene rings is 3. The number of rotatable bonds is 3. The number of carbonyl (C=O) groups is 1. The zero-order valence-electron chi connectivity index (χ0n) is 17.1. The van der Waals surface area contributed by atoms with Crippen LogP contribution in [0.1, 0.15) is 55.1 Å². The number of hydrogen-bond donors (Lipinski definition) is 2. The predicted molar refractivity (Wildman–Crippen MR) is 116 cm³/mol. The van der Waals surface area contributed by atoms with Gasteiger partial charge in [-0.25, -0.2) is 0 Å². The standard InChI is InChI=1S/C25H25NO3/c1-15(2)16-10-11-19-20(12-16)25(3,4)29-22-14-17(13-21(27)23(19)22)24(28)26-18-8-6-5-7-9-18/h5-15,27H,1-4H3,(H,26,28). The second-order valence-electron chi connectivity index (χ2n) is 8.26. The van der Waals surface area contributed by atoms with Crippen LogP contribution in [0.4, 0.5) is 5.69 Å². The molecule has 0 radical (unpaired) electrons. The Morgan fingerprint density at radius 1 is 1.03 bits per heavy atom. The summed E-state index contributed by atoms with van der Waals surface area (Å²) in [5, 5.41) is 13.6. The summed E-state index contributed by atoms with van der Waals surface area (Å²) >= 11 is 0. The number of hydrogen-bond acceptors (Lipinski definition) is 3. The van der Waals surface area contributed by atoms with E-state index in [4.69, 9.17) is 4.74 Å². The van der Waals surface area contributed by atoms with Gasteiger partial charge >= 0.3 is 0 Å². The van der Waals surface area contributed by atoms with Crippen molar-refractivity contribution in [3.05, 3.63) is 77.4 Å². The molecule has 29 heavy (non-hydrogen) atoms. The fraction of sp³-hybridized carbons (Fsp3) is 0.240. The highest BCUT2D eigenvalue weighted by Gasteiger charge is 2.35. The van der Waals surface area contributed by atoms with E-state index >= 15 is 0 Å². The molecule has 4 heteroatoms. The summed E-state index contributed by atoms with van der Waals surface area (Å²) in [6, 6.07) is 18.7. The van der Waals surface area contributed by atoms with Crippen LogP contribution in [0.5, 0.6) is 11.5 Å². The Hall–Kier alpha value is -3.27. The van der Waals surface area contributed by atoms with Gasteiger partial charge in [-0.05, 0) is 55.2 Å². The summed E-state index contributed by atoms with van der Waals surface area (Å²) in [5.41, 5.74) is 4.30. The zero-order valence-corrected chi connectivity index (χ0v) is 17.1. The first-order valence-electron chi connectivity index (χ1n) is 9.83. The van der Waals surface area contributed by atoms with Crippen molar-refractivity contribution in [3.8, 4) is 22.6 Å². The molecule has 1 aliphatic heterocycles. The van der Waals surface area contributed by atoms with Crippen LogP contribution in [0.25, 0.3) is 11.1 Å². The van der Waals surface area contributed by atoms with Crippen molar-refractivity contribution in [3.63, 3.8) is 0 Å². The van der Waals surface area contributed by atoms with Gasteiger partial charge in [0.2, 0.25) is 0 Å². The first-order chi connectivity index (χ1) is 13.8. The van der Waals surface area contributed by atoms with Crippen LogP contribution >= 0.6 is 0 Å². The number of phenols is 1. The van der Waals surface area contributed by atoms with Crippen molar-refractivity contribution in [2.45, 2.75) is 39.2 Å². The first kappa shape index (κ1) is 19.1. The molecule has 0 aliphatic carbocycles. The Bertz CT molecular complexity index is 1080. The van der Waals surface area contributed by atoms with E-state index in [0.717, 1.165) is 11.1 Å². The molecule has 4 nitrogen and oxygen atoms in total. The average molecular weight is 387 g/mol. The van der Waals surface area contributed by atoms with Gasteiger partial charge in [0.05, 0.1) is 5.56 Å². The summed E-state index contributed by atoms with van der Waals surface area (Å²) in [7, 11) is 0. The molecular formula is C25H25NO3. The van der Waals surface area contributed by atoms with E-state index in [2.05, 4.69) is 31.3 Å². The monoisotopic (exact) mass is 387 g/mol. The van der Waals surface area contributed by atoms with Crippen LogP contribution in [-0.4, -0.2) is 11.0 Å². The van der Waals surface area contributed by atoms with Crippen LogP contribution in [0, 0.1) is 0 Å². The Balaban J connectivity index is 1.77. The topological polar surface area (TPSA) is 58.6 Å². The number of anilines is 1. The summed E-state index contributed by atoms with van der Waals surface area (Å²) < 4.78 is 6.26. The third kappa shape index (κ3) is 3.46. The molecule has 3 aromatic carbocycles. The van der Waals surface area contributed by atoms with Crippen molar-refractivity contribution in [2.24, 2.45) is 0 Å². The van der Waals surface area contributed by atoms with Gasteiger partial charge in [-0.15, -0.1) is 0 Å². The lowest BCUT2D eigenvalue weighted by Crippen LogP contribution is -2.30. The molecule has 1 heterocycles. The molecule has 2 N–H and O–H groups in total. The quantitative estimate of drug-likeness (QED) is 0.574. The number of nitrogens with one attached hydrogen (secondary N) is 1. The van der Waals surface area contributed by atoms with Crippen LogP contribution in [0.15, 0.2) is 60.7 Å². The van der Waals surface area contributed by atoms with Crippen molar-refractivity contribution in [1.29, 1.82) is 0 Å². The third-order valence-corrected chi connectivity index (χ3v) is 5.37. The highest BCUT2D eigenvalue weighted by Crippen LogP contribution is 2.50. The SMILES string of the molecule is CC(C)c1ccc2c(c1)C(C)(C)Oc1cc(C(=O)Nc3ccccc3)cc(O)c1-2. The van der Waals surface area contributed by atoms with Crippen molar-refractivity contribution in [1.82, 2.24) is 0 Å². The van der Waals surface area contributed by atoms with Crippen molar-refractivity contribution < 1.29 is 14.6 Å². The largest absolute Gasteiger partial charge is 0.507 e. The fourth-order valence-electron chi connectivity index (χ4n) is 3.77. The number of para-hydroxylation sites is 1. The van der Waals surface area contributed by atoms with Gasteiger partial charge in [0, 0.05) is 16.8 Å². The number of ether oxygens (including phenoxy) is 1. The fourth-order valence-corrected chi connectivity index (χ4v) is 3.77. The summed E-state index contributed by atoms with van der Waals surface area (Å²) in [6.07, 6.45) is 0. The molecule has 0 bridgehead atoms. The normalized spacial score (nSPS) is 14.0. The number of amides is 1. The minimum Gasteiger partial charge on any atom is -0.507 e. The van der Waals surface area contributed by atoms with Gasteiger partial charge in [0.15, 0.2) is 0 Å². The number of aromatic hydroxyl groups is 1. The molecule has 0 aromatic heterocycles. The van der Waals surface area contributed by atoms with E-state index in [0.29, 0.717) is 28.5 Å². The van der Waals surface area contributed by atoms with Crippen molar-refractivity contribution in [2.75, 3.05) is 5.32 Å². The number of phenolic OH excluding ortho intramolecular Hbond substituents is 1. The van der Waals surface area contributed by atoms with Crippen molar-refractivity contribution >= 4 is 11.6 Å². The lowest BCUT2D eigenvalue weighted by molar-refractivity contribution is 0.1000. The zero-order chi connectivity index (χ0) is 20.8. The first-order valence-corrected chi connectivity index (χ1v) is 9.83. The highest BCUT2D eigenvalue weighted by molar-refractivity contribution is 6.05. The number of carbonyl (C=O) groups excluding carboxylic acids is 1. The minimum atomic E-state index is -0.575. The van der Waals surface area contributed by atoms with Gasteiger partial charge in [0.25, 0.3) is 5.91 Å². The molecule has 148 valence electrons. The lowest BCUT2D eigenvalue weighted by Gasteiger charge is -2.36. The Morgan fingerprint density at radius 2 is 1.76 bits per heavy atom. The molecule has 0 spiro atoms. The van der Waals surface area contributed by atoms with Crippen LogP contribution in [-0.2, 0) is 5.60 Å². The second kappa shape index (κ2) is 6.96. The maximum absolute atomic E-state index is 12.7. The molecule has 0 atom stereocenters. The van der Waals surface area contributed by atoms with Gasteiger partial charge < -0.3 is 15.2 Å². The average Bonchev–Trinajstić information content (AvgIpc) is 2.67. The molecule has 0 saturated carbocycles. The third-order valence-electron chi connectivity index (χ3n) is 5.37. The second-order valence-corrected chi connectivity index (χ2v) is 8.26. The molecular weight excluding hydrogens is 362 g/mol. The van der Waals surface area contributed by atoms with Gasteiger partial charge in [-0.1, -0.05) is 50.2 Å². The van der Waals surface area contributed by atoms with E-state index in [9.17, 15) is 9.90 Å². The summed E-state index contributed by atoms with van der Waals surface area (Å²) in [5.74, 6) is 0.652. The highest BCUT2D eigenvalue weighted by atomic mass is 16.5. The van der Waals surface area contributed by atoms with E-state index < -0.39 is 5.60 Å². The van der Waals surface area contributed by atoms with Gasteiger partial charge in [-0.2, -0.15) is 0 Å². The smallest absolute Gasteiger partial charge is 0.255 e. The molecule has 4 rings (SSSR count). The molecule has 0 fully saturated rings. The Kier molecular flexibility index (Phi) is 4.58. The molecule has 0 unspecified atom stereocenters. The summed E-state index contributed by atoms with van der Waals surface area (Å²) in [4.78, 5) is 12.7. The van der Waals surface area contributed by atoms with E-state index in [-0.39, 0.29) is 11.7 Å². The molecule has 0 saturated heterocycles. The van der Waals surface area contributed by atoms with E-state index in [1.807, 2.05) is 50.2 Å². The lowest BCUT2D eigenvalue weighted by atomic mass is 9.83. The van der Waals surface area contributed by atoms with Crippen LogP contribution in [0.3, 0.4) is 0 Å². The van der Waals surface area contributed by atoms with Gasteiger partial charge in [0.1, 0.15) is 17.1 Å².